The van der Waals surface area contributed by atoms with E-state index in [0.29, 0.717) is 10.7 Å². The molecule has 2 unspecified atom stereocenters. The molecule has 1 fully saturated rings. The van der Waals surface area contributed by atoms with Gasteiger partial charge in [0.15, 0.2) is 0 Å². The van der Waals surface area contributed by atoms with Crippen molar-refractivity contribution in [3.05, 3.63) is 81.2 Å². The molecule has 0 saturated carbocycles. The average Bonchev–Trinajstić information content (AvgIpc) is 3.09. The monoisotopic (exact) mass is 413 g/mol. The highest BCUT2D eigenvalue weighted by Gasteiger charge is 2.42. The van der Waals surface area contributed by atoms with Crippen LogP contribution in [0, 0.1) is 6.92 Å². The third-order valence-electron chi connectivity index (χ3n) is 5.05. The number of benzene rings is 2. The number of nitrogens with zero attached hydrogens (tertiary/aromatic N) is 3. The van der Waals surface area contributed by atoms with Gasteiger partial charge >= 0.3 is 0 Å². The van der Waals surface area contributed by atoms with Gasteiger partial charge in [0.25, 0.3) is 5.56 Å². The number of hydrogen-bond acceptors (Lipinski definition) is 3. The van der Waals surface area contributed by atoms with Crippen molar-refractivity contribution in [3.8, 4) is 5.69 Å². The van der Waals surface area contributed by atoms with E-state index < -0.39 is 0 Å². The first-order chi connectivity index (χ1) is 13.4. The van der Waals surface area contributed by atoms with Crippen LogP contribution in [0.15, 0.2) is 59.4 Å². The minimum atomic E-state index is -0.292. The van der Waals surface area contributed by atoms with Crippen LogP contribution >= 0.6 is 23.4 Å². The molecule has 0 aliphatic carbocycles. The molecule has 2 heterocycles. The number of anilines is 1. The van der Waals surface area contributed by atoms with Gasteiger partial charge in [-0.25, -0.2) is 4.68 Å². The highest BCUT2D eigenvalue weighted by molar-refractivity contribution is 8.01. The largest absolute Gasteiger partial charge is 0.295 e. The number of rotatable bonds is 3. The third-order valence-corrected chi connectivity index (χ3v) is 6.64. The summed E-state index contributed by atoms with van der Waals surface area (Å²) in [7, 11) is 1.83. The first-order valence-corrected chi connectivity index (χ1v) is 10.3. The highest BCUT2D eigenvalue weighted by Crippen LogP contribution is 2.45. The van der Waals surface area contributed by atoms with Gasteiger partial charge in [0.1, 0.15) is 11.1 Å². The lowest BCUT2D eigenvalue weighted by atomic mass is 10.2. The van der Waals surface area contributed by atoms with Crippen LogP contribution in [0.4, 0.5) is 5.69 Å². The fourth-order valence-electron chi connectivity index (χ4n) is 3.57. The molecule has 0 spiro atoms. The number of para-hydroxylation sites is 1. The molecular formula is C21H20ClN3O2S. The van der Waals surface area contributed by atoms with E-state index in [9.17, 15) is 9.59 Å². The Morgan fingerprint density at radius 1 is 1.04 bits per heavy atom. The van der Waals surface area contributed by atoms with Gasteiger partial charge in [-0.1, -0.05) is 41.9 Å². The van der Waals surface area contributed by atoms with Gasteiger partial charge in [-0.3, -0.25) is 19.2 Å². The minimum absolute atomic E-state index is 0.0685. The van der Waals surface area contributed by atoms with Gasteiger partial charge in [-0.05, 0) is 43.7 Å². The molecule has 1 saturated heterocycles. The van der Waals surface area contributed by atoms with Crippen molar-refractivity contribution in [2.24, 2.45) is 7.05 Å². The second-order valence-electron chi connectivity index (χ2n) is 6.80. The Morgan fingerprint density at radius 3 is 2.43 bits per heavy atom. The van der Waals surface area contributed by atoms with Crippen molar-refractivity contribution in [3.63, 3.8) is 0 Å². The summed E-state index contributed by atoms with van der Waals surface area (Å²) in [5, 5.41) is 0.0731. The summed E-state index contributed by atoms with van der Waals surface area (Å²) in [5.41, 5.74) is 2.61. The molecule has 0 radical (unpaired) electrons. The van der Waals surface area contributed by atoms with E-state index in [-0.39, 0.29) is 22.1 Å². The second-order valence-corrected chi connectivity index (χ2v) is 8.67. The zero-order chi connectivity index (χ0) is 20.0. The fourth-order valence-corrected chi connectivity index (χ4v) is 5.02. The van der Waals surface area contributed by atoms with Crippen LogP contribution in [-0.2, 0) is 11.8 Å². The molecule has 4 rings (SSSR count). The molecule has 2 aromatic carbocycles. The smallest absolute Gasteiger partial charge is 0.288 e. The molecule has 1 amide bonds. The summed E-state index contributed by atoms with van der Waals surface area (Å²) < 4.78 is 3.39. The third kappa shape index (κ3) is 2.97. The van der Waals surface area contributed by atoms with Crippen LogP contribution in [0.1, 0.15) is 23.6 Å². The number of amides is 1. The molecule has 1 aliphatic rings. The van der Waals surface area contributed by atoms with Crippen LogP contribution in [0.25, 0.3) is 5.69 Å². The van der Waals surface area contributed by atoms with Gasteiger partial charge in [0.2, 0.25) is 5.91 Å². The zero-order valence-corrected chi connectivity index (χ0v) is 17.4. The summed E-state index contributed by atoms with van der Waals surface area (Å²) in [5.74, 6) is -0.0685. The maximum atomic E-state index is 13.4. The van der Waals surface area contributed by atoms with Crippen molar-refractivity contribution in [2.75, 3.05) is 4.90 Å². The van der Waals surface area contributed by atoms with Crippen LogP contribution in [-0.4, -0.2) is 20.5 Å². The summed E-state index contributed by atoms with van der Waals surface area (Å²) >= 11 is 7.71. The van der Waals surface area contributed by atoms with Crippen molar-refractivity contribution in [1.82, 2.24) is 9.36 Å². The molecule has 28 heavy (non-hydrogen) atoms. The van der Waals surface area contributed by atoms with Gasteiger partial charge in [-0.2, -0.15) is 0 Å². The quantitative estimate of drug-likeness (QED) is 0.643. The molecule has 1 aromatic heterocycles. The second kappa shape index (κ2) is 7.18. The van der Waals surface area contributed by atoms with Gasteiger partial charge < -0.3 is 0 Å². The zero-order valence-electron chi connectivity index (χ0n) is 15.8. The van der Waals surface area contributed by atoms with E-state index >= 15 is 0 Å². The standard InChI is InChI=1S/C21H20ClN3O2S/c1-13-18(20(27)25(23(13)3)17-10-5-4-6-11-17)24-19(26)14(2)28-21(24)15-8-7-9-16(22)12-15/h4-12,14,21H,1-3H3. The summed E-state index contributed by atoms with van der Waals surface area (Å²) in [6.45, 7) is 3.74. The van der Waals surface area contributed by atoms with Crippen molar-refractivity contribution in [1.29, 1.82) is 0 Å². The number of aromatic nitrogens is 2. The lowest BCUT2D eigenvalue weighted by Gasteiger charge is -2.23. The first kappa shape index (κ1) is 18.9. The highest BCUT2D eigenvalue weighted by atomic mass is 35.5. The topological polar surface area (TPSA) is 47.2 Å². The van der Waals surface area contributed by atoms with E-state index in [2.05, 4.69) is 0 Å². The molecule has 0 bridgehead atoms. The van der Waals surface area contributed by atoms with Crippen molar-refractivity contribution >= 4 is 35.0 Å². The minimum Gasteiger partial charge on any atom is -0.288 e. The molecule has 2 atom stereocenters. The molecule has 0 N–H and O–H groups in total. The number of thioether (sulfide) groups is 1. The van der Waals surface area contributed by atoms with E-state index in [1.54, 1.807) is 20.3 Å². The SMILES string of the molecule is Cc1c(N2C(=O)C(C)SC2c2cccc(Cl)c2)c(=O)n(-c2ccccc2)n1C. The Balaban J connectivity index is 1.89. The Bertz CT molecular complexity index is 1110. The Morgan fingerprint density at radius 2 is 1.75 bits per heavy atom. The number of carbonyl (C=O) groups is 1. The normalized spacial score (nSPS) is 19.4. The molecular weight excluding hydrogens is 394 g/mol. The van der Waals surface area contributed by atoms with Crippen LogP contribution in [0.2, 0.25) is 5.02 Å². The lowest BCUT2D eigenvalue weighted by Crippen LogP contribution is -2.34. The predicted molar refractivity (Wildman–Crippen MR) is 114 cm³/mol. The van der Waals surface area contributed by atoms with E-state index in [0.717, 1.165) is 16.9 Å². The molecule has 1 aliphatic heterocycles. The maximum absolute atomic E-state index is 13.4. The van der Waals surface area contributed by atoms with Gasteiger partial charge in [0, 0.05) is 12.1 Å². The van der Waals surface area contributed by atoms with Crippen molar-refractivity contribution in [2.45, 2.75) is 24.5 Å². The Labute approximate surface area is 172 Å². The molecule has 7 heteroatoms. The average molecular weight is 414 g/mol. The molecule has 5 nitrogen and oxygen atoms in total. The number of halogens is 1. The summed E-state index contributed by atoms with van der Waals surface area (Å²) in [6, 6.07) is 16.9. The van der Waals surface area contributed by atoms with Crippen molar-refractivity contribution < 1.29 is 4.79 Å². The molecule has 3 aromatic rings. The molecule has 144 valence electrons. The maximum Gasteiger partial charge on any atom is 0.295 e. The summed E-state index contributed by atoms with van der Waals surface area (Å²) in [4.78, 5) is 28.1. The Hall–Kier alpha value is -2.44. The van der Waals surface area contributed by atoms with E-state index in [4.69, 9.17) is 11.6 Å². The van der Waals surface area contributed by atoms with Gasteiger partial charge in [0.05, 0.1) is 16.6 Å². The van der Waals surface area contributed by atoms with Crippen LogP contribution in [0.3, 0.4) is 0 Å². The van der Waals surface area contributed by atoms with Crippen LogP contribution in [0.5, 0.6) is 0 Å². The summed E-state index contributed by atoms with van der Waals surface area (Å²) in [6.07, 6.45) is 0. The van der Waals surface area contributed by atoms with Gasteiger partial charge in [-0.15, -0.1) is 11.8 Å². The first-order valence-electron chi connectivity index (χ1n) is 8.98. The van der Waals surface area contributed by atoms with Crippen LogP contribution < -0.4 is 10.5 Å². The lowest BCUT2D eigenvalue weighted by molar-refractivity contribution is -0.117. The Kier molecular flexibility index (Phi) is 4.85. The van der Waals surface area contributed by atoms with E-state index in [1.165, 1.54) is 11.8 Å². The number of hydrogen-bond donors (Lipinski definition) is 0. The number of carbonyl (C=O) groups excluding carboxylic acids is 1. The van der Waals surface area contributed by atoms with E-state index in [1.807, 2.05) is 69.4 Å². The predicted octanol–water partition coefficient (Wildman–Crippen LogP) is 4.30. The fraction of sp³-hybridized carbons (Fsp3) is 0.238.